The maximum atomic E-state index is 13.5. The van der Waals surface area contributed by atoms with E-state index in [-0.39, 0.29) is 23.1 Å². The van der Waals surface area contributed by atoms with Crippen molar-refractivity contribution in [2.24, 2.45) is 23.2 Å². The third-order valence-electron chi connectivity index (χ3n) is 9.37. The summed E-state index contributed by atoms with van der Waals surface area (Å²) in [4.78, 5) is 35.0. The maximum Gasteiger partial charge on any atom is 0.481 e. The number of hydrogen-bond acceptors (Lipinski definition) is 7. The van der Waals surface area contributed by atoms with Crippen molar-refractivity contribution < 1.29 is 24.0 Å². The van der Waals surface area contributed by atoms with Crippen molar-refractivity contribution in [1.82, 2.24) is 20.6 Å². The third-order valence-corrected chi connectivity index (χ3v) is 9.37. The quantitative estimate of drug-likeness (QED) is 0.411. The molecule has 0 spiro atoms. The van der Waals surface area contributed by atoms with Crippen LogP contribution < -0.4 is 10.6 Å². The van der Waals surface area contributed by atoms with Gasteiger partial charge in [0.15, 0.2) is 0 Å². The normalized spacial score (nSPS) is 28.7. The highest BCUT2D eigenvalue weighted by Gasteiger charge is 2.68. The number of nitrogens with one attached hydrogen (secondary N) is 2. The first-order valence-corrected chi connectivity index (χ1v) is 14.4. The van der Waals surface area contributed by atoms with E-state index < -0.39 is 42.6 Å². The van der Waals surface area contributed by atoms with Gasteiger partial charge in [0.1, 0.15) is 18.1 Å². The topological polar surface area (TPSA) is 123 Å². The smallest absolute Gasteiger partial charge is 0.404 e. The molecule has 2 amide bonds. The Bertz CT molecular complexity index is 1240. The largest absolute Gasteiger partial charge is 0.481 e. The fourth-order valence-electron chi connectivity index (χ4n) is 6.96. The summed E-state index contributed by atoms with van der Waals surface area (Å²) in [5, 5.41) is 16.2. The molecule has 0 radical (unpaired) electrons. The average Bonchev–Trinajstić information content (AvgIpc) is 3.28. The Morgan fingerprint density at radius 2 is 1.82 bits per heavy atom. The van der Waals surface area contributed by atoms with E-state index in [4.69, 9.17) is 9.31 Å². The van der Waals surface area contributed by atoms with Crippen LogP contribution >= 0.6 is 0 Å². The zero-order valence-corrected chi connectivity index (χ0v) is 24.3. The van der Waals surface area contributed by atoms with Gasteiger partial charge in [0.25, 0.3) is 5.91 Å². The lowest BCUT2D eigenvalue weighted by Crippen LogP contribution is -2.65. The monoisotopic (exact) mass is 548 g/mol. The van der Waals surface area contributed by atoms with Crippen LogP contribution in [0, 0.1) is 23.2 Å². The number of benzene rings is 1. The van der Waals surface area contributed by atoms with Gasteiger partial charge in [-0.1, -0.05) is 58.0 Å². The van der Waals surface area contributed by atoms with Gasteiger partial charge in [-0.3, -0.25) is 9.59 Å². The first-order valence-electron chi connectivity index (χ1n) is 14.4. The van der Waals surface area contributed by atoms with Gasteiger partial charge in [0.2, 0.25) is 5.91 Å². The summed E-state index contributed by atoms with van der Waals surface area (Å²) >= 11 is 0. The Morgan fingerprint density at radius 3 is 2.48 bits per heavy atom. The highest BCUT2D eigenvalue weighted by molar-refractivity contribution is 6.48. The van der Waals surface area contributed by atoms with E-state index in [1.54, 1.807) is 6.07 Å². The van der Waals surface area contributed by atoms with E-state index in [2.05, 4.69) is 55.2 Å². The molecule has 10 heteroatoms. The maximum absolute atomic E-state index is 13.5. The van der Waals surface area contributed by atoms with Gasteiger partial charge in [0, 0.05) is 5.56 Å². The molecule has 1 aromatic carbocycles. The molecule has 40 heavy (non-hydrogen) atoms. The Morgan fingerprint density at radius 1 is 1.10 bits per heavy atom. The summed E-state index contributed by atoms with van der Waals surface area (Å²) in [6.45, 7) is 12.4. The minimum Gasteiger partial charge on any atom is -0.404 e. The van der Waals surface area contributed by atoms with Crippen LogP contribution in [0.25, 0.3) is 11.3 Å². The first kappa shape index (κ1) is 28.7. The molecule has 9 nitrogen and oxygen atoms in total. The van der Waals surface area contributed by atoms with Crippen molar-refractivity contribution in [3.63, 3.8) is 0 Å². The van der Waals surface area contributed by atoms with Crippen LogP contribution in [-0.2, 0) is 14.1 Å². The predicted octanol–water partition coefficient (Wildman–Crippen LogP) is 3.42. The Hall–Kier alpha value is -2.82. The van der Waals surface area contributed by atoms with Crippen LogP contribution in [0.4, 0.5) is 0 Å². The number of hydrogen-bond donors (Lipinski definition) is 3. The van der Waals surface area contributed by atoms with Crippen molar-refractivity contribution in [3.05, 3.63) is 48.4 Å². The standard InChI is InChI=1S/C30H41BN4O5/c1-17(2)12-25(31-39-24-14-20-13-23(29(20,4)5)30(24,6)40-31)34-28(38)26(18(3)36)35-27(37)22-15-21(32-16-33-22)19-10-8-7-9-11-19/h7-11,15-18,20,23-26,36H,12-14H2,1-6H3,(H,34,38)(H,35,37)/t18-,20+,23+,24-,25+,26+,30+/m1/s1. The molecule has 214 valence electrons. The van der Waals surface area contributed by atoms with E-state index in [1.807, 2.05) is 30.3 Å². The molecule has 4 fully saturated rings. The van der Waals surface area contributed by atoms with E-state index in [1.165, 1.54) is 13.3 Å². The summed E-state index contributed by atoms with van der Waals surface area (Å²) in [6, 6.07) is 9.82. The second kappa shape index (κ2) is 10.9. The Balaban J connectivity index is 1.29. The highest BCUT2D eigenvalue weighted by atomic mass is 16.7. The van der Waals surface area contributed by atoms with Crippen LogP contribution in [0.2, 0.25) is 0 Å². The minimum atomic E-state index is -1.19. The number of aromatic nitrogens is 2. The molecule has 1 saturated heterocycles. The SMILES string of the molecule is CC(C)C[C@H](NC(=O)[C@@H](NC(=O)c1cc(-c2ccccc2)ncn1)[C@@H](C)O)B1O[C@@H]2C[C@@H]3C[C@@H](C3(C)C)[C@]2(C)O1. The van der Waals surface area contributed by atoms with E-state index in [0.29, 0.717) is 24.0 Å². The zero-order valence-electron chi connectivity index (χ0n) is 24.3. The zero-order chi connectivity index (χ0) is 28.8. The second-order valence-electron chi connectivity index (χ2n) is 12.9. The number of carbonyl (C=O) groups excluding carboxylic acids is 2. The fourth-order valence-corrected chi connectivity index (χ4v) is 6.96. The minimum absolute atomic E-state index is 0.00956. The van der Waals surface area contributed by atoms with Crippen LogP contribution in [0.3, 0.4) is 0 Å². The van der Waals surface area contributed by atoms with Gasteiger partial charge in [0.05, 0.1) is 29.4 Å². The van der Waals surface area contributed by atoms with Crippen molar-refractivity contribution in [3.8, 4) is 11.3 Å². The molecule has 4 aliphatic rings. The van der Waals surface area contributed by atoms with Gasteiger partial charge in [-0.25, -0.2) is 9.97 Å². The molecular weight excluding hydrogens is 507 g/mol. The molecule has 1 aliphatic heterocycles. The summed E-state index contributed by atoms with van der Waals surface area (Å²) in [5.41, 5.74) is 1.34. The number of aliphatic hydroxyl groups excluding tert-OH is 1. The molecule has 2 heterocycles. The van der Waals surface area contributed by atoms with E-state index >= 15 is 0 Å². The molecule has 0 unspecified atom stereocenters. The summed E-state index contributed by atoms with van der Waals surface area (Å²) in [5.74, 6) is -0.220. The molecule has 6 rings (SSSR count). The number of carbonyl (C=O) groups is 2. The number of nitrogens with zero attached hydrogens (tertiary/aromatic N) is 2. The van der Waals surface area contributed by atoms with Gasteiger partial charge in [-0.05, 0) is 62.3 Å². The lowest BCUT2D eigenvalue weighted by Gasteiger charge is -2.64. The van der Waals surface area contributed by atoms with Gasteiger partial charge < -0.3 is 25.0 Å². The summed E-state index contributed by atoms with van der Waals surface area (Å²) < 4.78 is 13.1. The van der Waals surface area contributed by atoms with Gasteiger partial charge in [-0.2, -0.15) is 0 Å². The fraction of sp³-hybridized carbons (Fsp3) is 0.600. The highest BCUT2D eigenvalue weighted by Crippen LogP contribution is 2.65. The van der Waals surface area contributed by atoms with E-state index in [9.17, 15) is 14.7 Å². The van der Waals surface area contributed by atoms with E-state index in [0.717, 1.165) is 18.4 Å². The van der Waals surface area contributed by atoms with Gasteiger partial charge >= 0.3 is 7.12 Å². The number of rotatable bonds is 9. The van der Waals surface area contributed by atoms with Crippen molar-refractivity contribution >= 4 is 18.9 Å². The lowest BCUT2D eigenvalue weighted by molar-refractivity contribution is -0.199. The Labute approximate surface area is 237 Å². The summed E-state index contributed by atoms with van der Waals surface area (Å²) in [6.07, 6.45) is 2.89. The lowest BCUT2D eigenvalue weighted by atomic mass is 9.43. The molecule has 7 atom stereocenters. The second-order valence-corrected chi connectivity index (χ2v) is 12.9. The average molecular weight is 548 g/mol. The van der Waals surface area contributed by atoms with Crippen LogP contribution in [0.15, 0.2) is 42.7 Å². The van der Waals surface area contributed by atoms with Crippen molar-refractivity contribution in [2.75, 3.05) is 0 Å². The van der Waals surface area contributed by atoms with Crippen LogP contribution in [0.1, 0.15) is 71.3 Å². The molecule has 1 aromatic heterocycles. The number of aliphatic hydroxyl groups is 1. The first-order chi connectivity index (χ1) is 18.9. The van der Waals surface area contributed by atoms with Crippen LogP contribution in [-0.4, -0.2) is 63.8 Å². The molecular formula is C30H41BN4O5. The van der Waals surface area contributed by atoms with Gasteiger partial charge in [-0.15, -0.1) is 0 Å². The molecule has 2 bridgehead atoms. The van der Waals surface area contributed by atoms with Crippen LogP contribution in [0.5, 0.6) is 0 Å². The van der Waals surface area contributed by atoms with Crippen molar-refractivity contribution in [1.29, 1.82) is 0 Å². The molecule has 3 N–H and O–H groups in total. The van der Waals surface area contributed by atoms with Crippen molar-refractivity contribution in [2.45, 2.75) is 90.6 Å². The predicted molar refractivity (Wildman–Crippen MR) is 152 cm³/mol. The third kappa shape index (κ3) is 5.29. The molecule has 3 saturated carbocycles. The molecule has 2 aromatic rings. The Kier molecular flexibility index (Phi) is 7.80. The molecule has 3 aliphatic carbocycles. The summed E-state index contributed by atoms with van der Waals surface area (Å²) in [7, 11) is -0.600. The number of amides is 2.